The van der Waals surface area contributed by atoms with Crippen LogP contribution in [0.5, 0.6) is 0 Å². The maximum atomic E-state index is 5.43. The van der Waals surface area contributed by atoms with E-state index in [1.165, 1.54) is 0 Å². The molecule has 1 heterocycles. The fourth-order valence-electron chi connectivity index (χ4n) is 0.623. The summed E-state index contributed by atoms with van der Waals surface area (Å²) in [4.78, 5) is 0.775. The zero-order chi connectivity index (χ0) is 7.02. The molecule has 4 heteroatoms. The standard InChI is InChI=1S/C5H9N3S/c1-3-4(9)5(6)7-8(3)2/h9H,1-2H3,(H2,6,7). The van der Waals surface area contributed by atoms with Crippen LogP contribution in [0.25, 0.3) is 0 Å². The first-order valence-electron chi connectivity index (χ1n) is 2.61. The van der Waals surface area contributed by atoms with E-state index in [1.807, 2.05) is 14.0 Å². The summed E-state index contributed by atoms with van der Waals surface area (Å²) in [5.41, 5.74) is 6.43. The number of thiol groups is 1. The Kier molecular flexibility index (Phi) is 1.40. The van der Waals surface area contributed by atoms with E-state index < -0.39 is 0 Å². The quantitative estimate of drug-likeness (QED) is 0.522. The summed E-state index contributed by atoms with van der Waals surface area (Å²) in [6, 6.07) is 0. The molecule has 0 aliphatic heterocycles. The first kappa shape index (κ1) is 6.48. The van der Waals surface area contributed by atoms with Crippen LogP contribution in [0.3, 0.4) is 0 Å². The molecule has 0 saturated carbocycles. The number of aromatic nitrogens is 2. The van der Waals surface area contributed by atoms with Crippen LogP contribution in [-0.2, 0) is 7.05 Å². The van der Waals surface area contributed by atoms with Gasteiger partial charge >= 0.3 is 0 Å². The molecule has 0 aliphatic carbocycles. The molecule has 0 aromatic carbocycles. The Morgan fingerprint density at radius 1 is 1.67 bits per heavy atom. The average molecular weight is 143 g/mol. The minimum Gasteiger partial charge on any atom is -0.381 e. The van der Waals surface area contributed by atoms with Gasteiger partial charge in [-0.25, -0.2) is 0 Å². The predicted molar refractivity (Wildman–Crippen MR) is 39.6 cm³/mol. The second-order valence-electron chi connectivity index (χ2n) is 1.94. The van der Waals surface area contributed by atoms with Crippen LogP contribution in [0.2, 0.25) is 0 Å². The van der Waals surface area contributed by atoms with Crippen LogP contribution in [0.15, 0.2) is 4.90 Å². The molecule has 0 atom stereocenters. The lowest BCUT2D eigenvalue weighted by molar-refractivity contribution is 0.740. The molecule has 0 amide bonds. The third-order valence-corrected chi connectivity index (χ3v) is 1.88. The lowest BCUT2D eigenvalue weighted by atomic mass is 10.5. The van der Waals surface area contributed by atoms with Gasteiger partial charge in [0.15, 0.2) is 5.82 Å². The van der Waals surface area contributed by atoms with E-state index in [4.69, 9.17) is 5.73 Å². The first-order valence-corrected chi connectivity index (χ1v) is 3.05. The maximum Gasteiger partial charge on any atom is 0.159 e. The molecular formula is C5H9N3S. The molecule has 0 bridgehead atoms. The third kappa shape index (κ3) is 0.896. The summed E-state index contributed by atoms with van der Waals surface area (Å²) in [6.07, 6.45) is 0. The van der Waals surface area contributed by atoms with Crippen molar-refractivity contribution in [2.45, 2.75) is 11.8 Å². The van der Waals surface area contributed by atoms with E-state index >= 15 is 0 Å². The van der Waals surface area contributed by atoms with E-state index in [0.29, 0.717) is 5.82 Å². The molecule has 1 aromatic heterocycles. The highest BCUT2D eigenvalue weighted by atomic mass is 32.1. The van der Waals surface area contributed by atoms with Gasteiger partial charge in [-0.2, -0.15) is 5.10 Å². The predicted octanol–water partition coefficient (Wildman–Crippen LogP) is 0.599. The number of anilines is 1. The molecule has 2 N–H and O–H groups in total. The molecule has 0 spiro atoms. The van der Waals surface area contributed by atoms with Gasteiger partial charge in [-0.1, -0.05) is 0 Å². The number of hydrogen-bond acceptors (Lipinski definition) is 3. The SMILES string of the molecule is Cc1c(S)c(N)nn1C. The van der Waals surface area contributed by atoms with Crippen molar-refractivity contribution in [1.82, 2.24) is 9.78 Å². The highest BCUT2D eigenvalue weighted by molar-refractivity contribution is 7.80. The lowest BCUT2D eigenvalue weighted by Gasteiger charge is -1.89. The molecule has 0 saturated heterocycles. The van der Waals surface area contributed by atoms with Crippen molar-refractivity contribution in [2.75, 3.05) is 5.73 Å². The number of aryl methyl sites for hydroxylation is 1. The van der Waals surface area contributed by atoms with E-state index in [0.717, 1.165) is 10.6 Å². The van der Waals surface area contributed by atoms with Gasteiger partial charge in [-0.15, -0.1) is 12.6 Å². The van der Waals surface area contributed by atoms with Crippen molar-refractivity contribution in [3.63, 3.8) is 0 Å². The zero-order valence-electron chi connectivity index (χ0n) is 5.42. The van der Waals surface area contributed by atoms with Crippen molar-refractivity contribution < 1.29 is 0 Å². The van der Waals surface area contributed by atoms with Gasteiger partial charge in [-0.3, -0.25) is 4.68 Å². The number of nitrogen functional groups attached to an aromatic ring is 1. The molecule has 3 nitrogen and oxygen atoms in total. The number of rotatable bonds is 0. The second-order valence-corrected chi connectivity index (χ2v) is 2.39. The fraction of sp³-hybridized carbons (Fsp3) is 0.400. The molecule has 0 radical (unpaired) electrons. The molecule has 50 valence electrons. The summed E-state index contributed by atoms with van der Waals surface area (Å²) in [7, 11) is 1.84. The Balaban J connectivity index is 3.29. The molecule has 9 heavy (non-hydrogen) atoms. The van der Waals surface area contributed by atoms with Crippen molar-refractivity contribution in [2.24, 2.45) is 7.05 Å². The molecule has 1 aromatic rings. The average Bonchev–Trinajstić information content (AvgIpc) is 1.98. The van der Waals surface area contributed by atoms with Crippen LogP contribution in [0, 0.1) is 6.92 Å². The Morgan fingerprint density at radius 3 is 2.33 bits per heavy atom. The van der Waals surface area contributed by atoms with Gasteiger partial charge in [0.25, 0.3) is 0 Å². The molecule has 1 rings (SSSR count). The van der Waals surface area contributed by atoms with Gasteiger partial charge < -0.3 is 5.73 Å². The van der Waals surface area contributed by atoms with Gasteiger partial charge in [0.1, 0.15) is 0 Å². The van der Waals surface area contributed by atoms with Crippen LogP contribution in [0.1, 0.15) is 5.69 Å². The highest BCUT2D eigenvalue weighted by Crippen LogP contribution is 2.17. The van der Waals surface area contributed by atoms with Gasteiger partial charge in [0.05, 0.1) is 10.6 Å². The summed E-state index contributed by atoms with van der Waals surface area (Å²) < 4.78 is 1.71. The minimum atomic E-state index is 0.498. The largest absolute Gasteiger partial charge is 0.381 e. The molecule has 0 aliphatic rings. The monoisotopic (exact) mass is 143 g/mol. The van der Waals surface area contributed by atoms with Crippen molar-refractivity contribution in [3.8, 4) is 0 Å². The van der Waals surface area contributed by atoms with E-state index in [2.05, 4.69) is 17.7 Å². The van der Waals surface area contributed by atoms with Gasteiger partial charge in [-0.05, 0) is 6.92 Å². The third-order valence-electron chi connectivity index (χ3n) is 1.33. The normalized spacial score (nSPS) is 10.1. The van der Waals surface area contributed by atoms with E-state index in [9.17, 15) is 0 Å². The summed E-state index contributed by atoms with van der Waals surface area (Å²) in [5.74, 6) is 0.498. The Morgan fingerprint density at radius 2 is 2.22 bits per heavy atom. The summed E-state index contributed by atoms with van der Waals surface area (Å²) in [5, 5.41) is 3.93. The van der Waals surface area contributed by atoms with Gasteiger partial charge in [0, 0.05) is 7.05 Å². The smallest absolute Gasteiger partial charge is 0.159 e. The van der Waals surface area contributed by atoms with Crippen molar-refractivity contribution in [1.29, 1.82) is 0 Å². The van der Waals surface area contributed by atoms with Crippen LogP contribution in [0.4, 0.5) is 5.82 Å². The maximum absolute atomic E-state index is 5.43. The molecule has 0 unspecified atom stereocenters. The number of nitrogens with zero attached hydrogens (tertiary/aromatic N) is 2. The first-order chi connectivity index (χ1) is 4.13. The Labute approximate surface area is 59.3 Å². The van der Waals surface area contributed by atoms with E-state index in [1.54, 1.807) is 4.68 Å². The van der Waals surface area contributed by atoms with Crippen LogP contribution in [-0.4, -0.2) is 9.78 Å². The topological polar surface area (TPSA) is 43.8 Å². The summed E-state index contributed by atoms with van der Waals surface area (Å²) in [6.45, 7) is 1.92. The van der Waals surface area contributed by atoms with Gasteiger partial charge in [0.2, 0.25) is 0 Å². The molecular weight excluding hydrogens is 134 g/mol. The lowest BCUT2D eigenvalue weighted by Crippen LogP contribution is -1.93. The minimum absolute atomic E-state index is 0.498. The second kappa shape index (κ2) is 1.95. The number of hydrogen-bond donors (Lipinski definition) is 2. The Bertz CT molecular complexity index is 206. The van der Waals surface area contributed by atoms with Crippen molar-refractivity contribution >= 4 is 18.4 Å². The van der Waals surface area contributed by atoms with Crippen LogP contribution < -0.4 is 5.73 Å². The summed E-state index contributed by atoms with van der Waals surface area (Å²) >= 11 is 4.12. The highest BCUT2D eigenvalue weighted by Gasteiger charge is 2.03. The number of nitrogens with two attached hydrogens (primary N) is 1. The fourth-order valence-corrected chi connectivity index (χ4v) is 0.812. The van der Waals surface area contributed by atoms with E-state index in [-0.39, 0.29) is 0 Å². The zero-order valence-corrected chi connectivity index (χ0v) is 6.31. The Hall–Kier alpha value is -0.640. The van der Waals surface area contributed by atoms with Crippen molar-refractivity contribution in [3.05, 3.63) is 5.69 Å². The van der Waals surface area contributed by atoms with Crippen LogP contribution >= 0.6 is 12.6 Å². The molecule has 0 fully saturated rings.